The van der Waals surface area contributed by atoms with E-state index in [0.29, 0.717) is 13.0 Å². The Bertz CT molecular complexity index is 385. The Hall–Kier alpha value is -1.91. The van der Waals surface area contributed by atoms with E-state index < -0.39 is 0 Å². The Morgan fingerprint density at radius 2 is 1.78 bits per heavy atom. The van der Waals surface area contributed by atoms with Crippen molar-refractivity contribution < 1.29 is 14.3 Å². The first-order valence-corrected chi connectivity index (χ1v) is 5.75. The topological polar surface area (TPSA) is 50.8 Å². The maximum Gasteiger partial charge on any atom is 0.221 e. The second-order valence-corrected chi connectivity index (χ2v) is 3.92. The zero-order valence-corrected chi connectivity index (χ0v) is 11.3. The highest BCUT2D eigenvalue weighted by molar-refractivity contribution is 5.76. The fraction of sp³-hybridized carbons (Fsp3) is 0.462. The molecule has 0 saturated heterocycles. The molecule has 0 aliphatic carbocycles. The first kappa shape index (κ1) is 14.2. The molecule has 1 aromatic carbocycles. The van der Waals surface area contributed by atoms with Crippen molar-refractivity contribution in [3.05, 3.63) is 18.2 Å². The average molecular weight is 252 g/mol. The van der Waals surface area contributed by atoms with Crippen molar-refractivity contribution in [1.29, 1.82) is 0 Å². The lowest BCUT2D eigenvalue weighted by atomic mass is 10.2. The number of benzene rings is 1. The minimum Gasteiger partial charge on any atom is -0.497 e. The van der Waals surface area contributed by atoms with Crippen molar-refractivity contribution in [1.82, 2.24) is 5.32 Å². The van der Waals surface area contributed by atoms with E-state index in [-0.39, 0.29) is 5.91 Å². The Morgan fingerprint density at radius 1 is 1.22 bits per heavy atom. The number of hydrogen-bond donors (Lipinski definition) is 1. The summed E-state index contributed by atoms with van der Waals surface area (Å²) in [4.78, 5) is 13.2. The van der Waals surface area contributed by atoms with Crippen molar-refractivity contribution in [3.8, 4) is 11.5 Å². The van der Waals surface area contributed by atoms with E-state index in [0.717, 1.165) is 17.2 Å². The fourth-order valence-electron chi connectivity index (χ4n) is 1.54. The van der Waals surface area contributed by atoms with Gasteiger partial charge in [-0.15, -0.1) is 0 Å². The molecular weight excluding hydrogens is 232 g/mol. The van der Waals surface area contributed by atoms with Gasteiger partial charge in [0.25, 0.3) is 0 Å². The summed E-state index contributed by atoms with van der Waals surface area (Å²) < 4.78 is 10.4. The smallest absolute Gasteiger partial charge is 0.221 e. The molecule has 0 saturated carbocycles. The number of nitrogens with zero attached hydrogens (tertiary/aromatic N) is 1. The van der Waals surface area contributed by atoms with E-state index in [1.165, 1.54) is 0 Å². The van der Waals surface area contributed by atoms with Crippen LogP contribution in [-0.4, -0.2) is 40.8 Å². The van der Waals surface area contributed by atoms with Gasteiger partial charge in [0.05, 0.1) is 14.2 Å². The van der Waals surface area contributed by atoms with Gasteiger partial charge in [-0.2, -0.15) is 0 Å². The van der Waals surface area contributed by atoms with E-state index in [9.17, 15) is 4.79 Å². The van der Waals surface area contributed by atoms with Gasteiger partial charge in [-0.3, -0.25) is 4.79 Å². The van der Waals surface area contributed by atoms with Crippen LogP contribution in [0.15, 0.2) is 18.2 Å². The third-order valence-electron chi connectivity index (χ3n) is 2.73. The van der Waals surface area contributed by atoms with Crippen molar-refractivity contribution in [2.75, 3.05) is 39.8 Å². The second kappa shape index (κ2) is 6.74. The summed E-state index contributed by atoms with van der Waals surface area (Å²) in [7, 11) is 6.79. The average Bonchev–Trinajstić information content (AvgIpc) is 2.43. The molecule has 0 spiro atoms. The molecule has 0 fully saturated rings. The third kappa shape index (κ3) is 3.84. The van der Waals surface area contributed by atoms with Gasteiger partial charge in [-0.1, -0.05) is 0 Å². The Morgan fingerprint density at radius 3 is 2.22 bits per heavy atom. The zero-order valence-electron chi connectivity index (χ0n) is 11.3. The lowest BCUT2D eigenvalue weighted by Gasteiger charge is -2.20. The summed E-state index contributed by atoms with van der Waals surface area (Å²) in [5.41, 5.74) is 0.954. The summed E-state index contributed by atoms with van der Waals surface area (Å²) in [6.07, 6.45) is 0.451. The predicted octanol–water partition coefficient (Wildman–Crippen LogP) is 1.28. The highest BCUT2D eigenvalue weighted by Crippen LogP contribution is 2.27. The van der Waals surface area contributed by atoms with Crippen molar-refractivity contribution in [3.63, 3.8) is 0 Å². The van der Waals surface area contributed by atoms with Gasteiger partial charge in [0, 0.05) is 50.9 Å². The van der Waals surface area contributed by atoms with E-state index in [2.05, 4.69) is 5.32 Å². The molecule has 0 atom stereocenters. The van der Waals surface area contributed by atoms with Crippen LogP contribution in [0.2, 0.25) is 0 Å². The number of rotatable bonds is 6. The zero-order chi connectivity index (χ0) is 13.5. The molecule has 0 bridgehead atoms. The number of amides is 1. The van der Waals surface area contributed by atoms with Gasteiger partial charge in [-0.25, -0.2) is 0 Å². The van der Waals surface area contributed by atoms with E-state index in [4.69, 9.17) is 9.47 Å². The predicted molar refractivity (Wildman–Crippen MR) is 71.5 cm³/mol. The fourth-order valence-corrected chi connectivity index (χ4v) is 1.54. The van der Waals surface area contributed by atoms with Crippen molar-refractivity contribution >= 4 is 11.6 Å². The van der Waals surface area contributed by atoms with Crippen molar-refractivity contribution in [2.24, 2.45) is 0 Å². The molecule has 18 heavy (non-hydrogen) atoms. The first-order valence-electron chi connectivity index (χ1n) is 5.75. The number of carbonyl (C=O) groups is 1. The minimum absolute atomic E-state index is 0.0247. The molecule has 0 aliphatic heterocycles. The monoisotopic (exact) mass is 252 g/mol. The van der Waals surface area contributed by atoms with Gasteiger partial charge in [0.15, 0.2) is 0 Å². The summed E-state index contributed by atoms with van der Waals surface area (Å²) >= 11 is 0. The van der Waals surface area contributed by atoms with Crippen LogP contribution < -0.4 is 19.7 Å². The van der Waals surface area contributed by atoms with Gasteiger partial charge in [-0.05, 0) is 0 Å². The SMILES string of the molecule is CNC(=O)CCN(C)c1cc(OC)cc(OC)c1. The number of hydrogen-bond acceptors (Lipinski definition) is 4. The Balaban J connectivity index is 2.77. The summed E-state index contributed by atoms with van der Waals surface area (Å²) in [5.74, 6) is 1.49. The van der Waals surface area contributed by atoms with Gasteiger partial charge >= 0.3 is 0 Å². The molecular formula is C13H20N2O3. The lowest BCUT2D eigenvalue weighted by molar-refractivity contribution is -0.120. The van der Waals surface area contributed by atoms with E-state index >= 15 is 0 Å². The first-order chi connectivity index (χ1) is 8.60. The molecule has 0 aliphatic rings. The van der Waals surface area contributed by atoms with E-state index in [1.807, 2.05) is 30.1 Å². The van der Waals surface area contributed by atoms with Crippen LogP contribution >= 0.6 is 0 Å². The summed E-state index contributed by atoms with van der Waals surface area (Å²) in [6, 6.07) is 5.63. The molecule has 0 aromatic heterocycles. The number of methoxy groups -OCH3 is 2. The highest BCUT2D eigenvalue weighted by Gasteiger charge is 2.07. The largest absolute Gasteiger partial charge is 0.497 e. The number of carbonyl (C=O) groups excluding carboxylic acids is 1. The summed E-state index contributed by atoms with van der Waals surface area (Å²) in [6.45, 7) is 0.635. The normalized spacial score (nSPS) is 9.78. The minimum atomic E-state index is 0.0247. The molecule has 1 N–H and O–H groups in total. The van der Waals surface area contributed by atoms with Crippen LogP contribution in [-0.2, 0) is 4.79 Å². The lowest BCUT2D eigenvalue weighted by Crippen LogP contribution is -2.26. The second-order valence-electron chi connectivity index (χ2n) is 3.92. The number of anilines is 1. The summed E-state index contributed by atoms with van der Waals surface area (Å²) in [5, 5.41) is 2.60. The maximum atomic E-state index is 11.2. The Labute approximate surface area is 108 Å². The van der Waals surface area contributed by atoms with Crippen molar-refractivity contribution in [2.45, 2.75) is 6.42 Å². The van der Waals surface area contributed by atoms with Gasteiger partial charge in [0.1, 0.15) is 11.5 Å². The van der Waals surface area contributed by atoms with Crippen LogP contribution in [0, 0.1) is 0 Å². The molecule has 0 heterocycles. The van der Waals surface area contributed by atoms with Gasteiger partial charge in [0.2, 0.25) is 5.91 Å². The van der Waals surface area contributed by atoms with Crippen LogP contribution in [0.3, 0.4) is 0 Å². The van der Waals surface area contributed by atoms with Gasteiger partial charge < -0.3 is 19.7 Å². The molecule has 1 amide bonds. The third-order valence-corrected chi connectivity index (χ3v) is 2.73. The van der Waals surface area contributed by atoms with Crippen LogP contribution in [0.5, 0.6) is 11.5 Å². The van der Waals surface area contributed by atoms with E-state index in [1.54, 1.807) is 21.3 Å². The molecule has 1 rings (SSSR count). The number of nitrogens with one attached hydrogen (secondary N) is 1. The Kier molecular flexibility index (Phi) is 5.30. The van der Waals surface area contributed by atoms with Crippen LogP contribution in [0.25, 0.3) is 0 Å². The molecule has 5 heteroatoms. The molecule has 5 nitrogen and oxygen atoms in total. The van der Waals surface area contributed by atoms with Crippen LogP contribution in [0.4, 0.5) is 5.69 Å². The molecule has 0 radical (unpaired) electrons. The molecule has 1 aromatic rings. The quantitative estimate of drug-likeness (QED) is 0.828. The molecule has 0 unspecified atom stereocenters. The number of ether oxygens (including phenoxy) is 2. The molecule has 100 valence electrons. The van der Waals surface area contributed by atoms with Crippen LogP contribution in [0.1, 0.15) is 6.42 Å². The maximum absolute atomic E-state index is 11.2. The highest BCUT2D eigenvalue weighted by atomic mass is 16.5. The standard InChI is InChI=1S/C13H20N2O3/c1-14-13(16)5-6-15(2)10-7-11(17-3)9-12(8-10)18-4/h7-9H,5-6H2,1-4H3,(H,14,16).